The molecule has 1 atom stereocenters. The second kappa shape index (κ2) is 8.23. The molecule has 0 fully saturated rings. The lowest BCUT2D eigenvalue weighted by molar-refractivity contribution is 0.554. The Morgan fingerprint density at radius 2 is 1.76 bits per heavy atom. The van der Waals surface area contributed by atoms with Crippen LogP contribution in [-0.2, 0) is 19.7 Å². The molecular formula is C20H27N3O4S2. The molecule has 0 spiro atoms. The van der Waals surface area contributed by atoms with Gasteiger partial charge in [0.15, 0.2) is 23.8 Å². The van der Waals surface area contributed by atoms with Gasteiger partial charge in [-0.2, -0.15) is 0 Å². The van der Waals surface area contributed by atoms with Gasteiger partial charge in [-0.25, -0.2) is 16.8 Å². The summed E-state index contributed by atoms with van der Waals surface area (Å²) in [5.74, 6) is -1.45. The summed E-state index contributed by atoms with van der Waals surface area (Å²) in [4.78, 5) is 4.14. The standard InChI is InChI=1S/C20H27N3O4S2/c1-5-28(24,25)20(3,4)29(26,27)13-17(15-8-6-7-14(2)11-15)16-9-10-18(19(21)22)23-12-16/h6-12,17H,5,13H2,1-4H3,(H3,21,22). The van der Waals surface area contributed by atoms with E-state index in [9.17, 15) is 16.8 Å². The third-order valence-electron chi connectivity index (χ3n) is 5.17. The molecule has 0 bridgehead atoms. The number of amidine groups is 1. The van der Waals surface area contributed by atoms with E-state index in [2.05, 4.69) is 4.98 Å². The minimum atomic E-state index is -4.05. The van der Waals surface area contributed by atoms with E-state index in [-0.39, 0.29) is 23.0 Å². The van der Waals surface area contributed by atoms with Gasteiger partial charge in [-0.05, 0) is 38.0 Å². The van der Waals surface area contributed by atoms with Crippen LogP contribution in [0.3, 0.4) is 0 Å². The molecule has 2 aromatic rings. The van der Waals surface area contributed by atoms with Gasteiger partial charge < -0.3 is 5.73 Å². The van der Waals surface area contributed by atoms with E-state index in [4.69, 9.17) is 11.1 Å². The zero-order valence-electron chi connectivity index (χ0n) is 17.0. The van der Waals surface area contributed by atoms with Gasteiger partial charge in [0.2, 0.25) is 0 Å². The van der Waals surface area contributed by atoms with Crippen molar-refractivity contribution in [1.82, 2.24) is 4.98 Å². The van der Waals surface area contributed by atoms with E-state index in [1.54, 1.807) is 12.1 Å². The van der Waals surface area contributed by atoms with Crippen molar-refractivity contribution in [3.05, 3.63) is 65.0 Å². The van der Waals surface area contributed by atoms with Gasteiger partial charge in [0.25, 0.3) is 0 Å². The Balaban J connectivity index is 2.58. The van der Waals surface area contributed by atoms with Gasteiger partial charge in [-0.15, -0.1) is 0 Å². The van der Waals surface area contributed by atoms with E-state index in [0.29, 0.717) is 5.56 Å². The zero-order valence-corrected chi connectivity index (χ0v) is 18.6. The van der Waals surface area contributed by atoms with Crippen molar-refractivity contribution in [2.24, 2.45) is 5.73 Å². The maximum absolute atomic E-state index is 13.2. The summed E-state index contributed by atoms with van der Waals surface area (Å²) in [7, 11) is -7.89. The van der Waals surface area contributed by atoms with Crippen molar-refractivity contribution in [3.63, 3.8) is 0 Å². The molecule has 1 aromatic heterocycles. The molecular weight excluding hydrogens is 410 g/mol. The number of benzene rings is 1. The number of aromatic nitrogens is 1. The van der Waals surface area contributed by atoms with E-state index < -0.39 is 29.7 Å². The fourth-order valence-corrected chi connectivity index (χ4v) is 7.03. The summed E-state index contributed by atoms with van der Waals surface area (Å²) >= 11 is 0. The first kappa shape index (κ1) is 23.0. The van der Waals surface area contributed by atoms with Crippen LogP contribution < -0.4 is 5.73 Å². The van der Waals surface area contributed by atoms with Crippen LogP contribution >= 0.6 is 0 Å². The van der Waals surface area contributed by atoms with Gasteiger partial charge in [0.05, 0.1) is 5.75 Å². The average molecular weight is 438 g/mol. The second-order valence-electron chi connectivity index (χ2n) is 7.44. The number of nitrogens with one attached hydrogen (secondary N) is 1. The molecule has 0 aliphatic rings. The first-order chi connectivity index (χ1) is 13.3. The fourth-order valence-electron chi connectivity index (χ4n) is 3.00. The predicted octanol–water partition coefficient (Wildman–Crippen LogP) is 2.39. The third kappa shape index (κ3) is 4.67. The molecule has 0 aliphatic heterocycles. The Morgan fingerprint density at radius 1 is 1.10 bits per heavy atom. The Morgan fingerprint density at radius 3 is 2.24 bits per heavy atom. The minimum Gasteiger partial charge on any atom is -0.382 e. The lowest BCUT2D eigenvalue weighted by Gasteiger charge is -2.27. The smallest absolute Gasteiger partial charge is 0.170 e. The Hall–Kier alpha value is -2.26. The third-order valence-corrected chi connectivity index (χ3v) is 11.2. The van der Waals surface area contributed by atoms with Crippen molar-refractivity contribution in [2.45, 2.75) is 37.7 Å². The number of nitrogens with two attached hydrogens (primary N) is 1. The molecule has 158 valence electrons. The summed E-state index contributed by atoms with van der Waals surface area (Å²) in [5, 5.41) is 7.47. The van der Waals surface area contributed by atoms with Gasteiger partial charge >= 0.3 is 0 Å². The summed E-state index contributed by atoms with van der Waals surface area (Å²) in [6, 6.07) is 10.6. The van der Waals surface area contributed by atoms with Crippen LogP contribution in [0, 0.1) is 12.3 Å². The van der Waals surface area contributed by atoms with Crippen LogP contribution in [0.1, 0.15) is 49.1 Å². The number of nitrogen functional groups attached to an aromatic ring is 1. The highest BCUT2D eigenvalue weighted by atomic mass is 32.3. The lowest BCUT2D eigenvalue weighted by atomic mass is 9.93. The Kier molecular flexibility index (Phi) is 6.54. The molecule has 7 nitrogen and oxygen atoms in total. The summed E-state index contributed by atoms with van der Waals surface area (Å²) in [6.45, 7) is 5.82. The normalized spacial score (nSPS) is 13.8. The topological polar surface area (TPSA) is 131 Å². The number of aryl methyl sites for hydroxylation is 1. The number of nitrogens with zero attached hydrogens (tertiary/aromatic N) is 1. The molecule has 1 unspecified atom stereocenters. The van der Waals surface area contributed by atoms with E-state index in [0.717, 1.165) is 11.1 Å². The van der Waals surface area contributed by atoms with Crippen molar-refractivity contribution >= 4 is 25.5 Å². The SMILES string of the molecule is CCS(=O)(=O)C(C)(C)S(=O)(=O)CC(c1ccc(C(=N)N)nc1)c1cccc(C)c1. The molecule has 0 radical (unpaired) electrons. The average Bonchev–Trinajstić information content (AvgIpc) is 2.66. The maximum atomic E-state index is 13.2. The van der Waals surface area contributed by atoms with Crippen molar-refractivity contribution in [3.8, 4) is 0 Å². The number of hydrogen-bond acceptors (Lipinski definition) is 6. The molecule has 1 aromatic carbocycles. The van der Waals surface area contributed by atoms with Crippen molar-refractivity contribution in [2.75, 3.05) is 11.5 Å². The highest BCUT2D eigenvalue weighted by Crippen LogP contribution is 2.33. The fraction of sp³-hybridized carbons (Fsp3) is 0.400. The molecule has 0 aliphatic carbocycles. The molecule has 0 saturated carbocycles. The summed E-state index contributed by atoms with van der Waals surface area (Å²) < 4.78 is 49.5. The van der Waals surface area contributed by atoms with Crippen LogP contribution in [-0.4, -0.2) is 43.2 Å². The van der Waals surface area contributed by atoms with Crippen LogP contribution in [0.4, 0.5) is 0 Å². The van der Waals surface area contributed by atoms with Crippen LogP contribution in [0.25, 0.3) is 0 Å². The highest BCUT2D eigenvalue weighted by Gasteiger charge is 2.46. The van der Waals surface area contributed by atoms with Gasteiger partial charge in [0.1, 0.15) is 11.5 Å². The largest absolute Gasteiger partial charge is 0.382 e. The summed E-state index contributed by atoms with van der Waals surface area (Å²) in [6.07, 6.45) is 1.49. The lowest BCUT2D eigenvalue weighted by Crippen LogP contribution is -2.44. The van der Waals surface area contributed by atoms with E-state index in [1.165, 1.54) is 27.0 Å². The van der Waals surface area contributed by atoms with Crippen molar-refractivity contribution in [1.29, 1.82) is 5.41 Å². The number of pyridine rings is 1. The monoisotopic (exact) mass is 437 g/mol. The van der Waals surface area contributed by atoms with Crippen LogP contribution in [0.15, 0.2) is 42.6 Å². The number of rotatable bonds is 8. The summed E-state index contributed by atoms with van der Waals surface area (Å²) in [5.41, 5.74) is 8.05. The maximum Gasteiger partial charge on any atom is 0.170 e. The Labute approximate surface area is 172 Å². The molecule has 29 heavy (non-hydrogen) atoms. The van der Waals surface area contributed by atoms with Crippen molar-refractivity contribution < 1.29 is 16.8 Å². The first-order valence-electron chi connectivity index (χ1n) is 9.14. The number of sulfone groups is 2. The van der Waals surface area contributed by atoms with Crippen LogP contribution in [0.5, 0.6) is 0 Å². The van der Waals surface area contributed by atoms with E-state index in [1.807, 2.05) is 31.2 Å². The molecule has 0 saturated heterocycles. The quantitative estimate of drug-likeness (QED) is 0.481. The first-order valence-corrected chi connectivity index (χ1v) is 12.4. The van der Waals surface area contributed by atoms with Gasteiger partial charge in [-0.3, -0.25) is 10.4 Å². The highest BCUT2D eigenvalue weighted by molar-refractivity contribution is 8.10. The Bertz CT molecular complexity index is 1110. The van der Waals surface area contributed by atoms with Crippen LogP contribution in [0.2, 0.25) is 0 Å². The zero-order chi connectivity index (χ0) is 22.0. The van der Waals surface area contributed by atoms with Gasteiger partial charge in [0, 0.05) is 17.9 Å². The van der Waals surface area contributed by atoms with E-state index >= 15 is 0 Å². The second-order valence-corrected chi connectivity index (χ2v) is 13.1. The predicted molar refractivity (Wildman–Crippen MR) is 116 cm³/mol. The molecule has 1 heterocycles. The minimum absolute atomic E-state index is 0.188. The van der Waals surface area contributed by atoms with Gasteiger partial charge in [-0.1, -0.05) is 42.8 Å². The molecule has 3 N–H and O–H groups in total. The molecule has 9 heteroatoms. The number of hydrogen-bond donors (Lipinski definition) is 2. The molecule has 0 amide bonds. The molecule has 2 rings (SSSR count).